The van der Waals surface area contributed by atoms with Gasteiger partial charge in [0.25, 0.3) is 5.88 Å². The molecule has 3 fully saturated rings. The minimum atomic E-state index is -3.86. The average molecular weight is 853 g/mol. The number of furan rings is 1. The molecule has 1 aromatic carbocycles. The summed E-state index contributed by atoms with van der Waals surface area (Å²) in [7, 11) is -3.86. The Morgan fingerprint density at radius 1 is 1.07 bits per heavy atom. The summed E-state index contributed by atoms with van der Waals surface area (Å²) >= 11 is 1.49. The van der Waals surface area contributed by atoms with Crippen LogP contribution in [0.5, 0.6) is 5.88 Å². The van der Waals surface area contributed by atoms with Gasteiger partial charge in [0.2, 0.25) is 27.4 Å². The molecule has 4 aromatic heterocycles. The smallest absolute Gasteiger partial charge is 0.262 e. The zero-order valence-corrected chi connectivity index (χ0v) is 36.8. The van der Waals surface area contributed by atoms with E-state index in [1.807, 2.05) is 45.2 Å². The van der Waals surface area contributed by atoms with E-state index < -0.39 is 56.0 Å². The van der Waals surface area contributed by atoms with Crippen molar-refractivity contribution >= 4 is 61.2 Å². The van der Waals surface area contributed by atoms with E-state index in [1.54, 1.807) is 29.3 Å². The molecule has 1 N–H and O–H groups in total. The Hall–Kier alpha value is -5.02. The van der Waals surface area contributed by atoms with Crippen molar-refractivity contribution in [3.05, 3.63) is 76.9 Å². The number of ether oxygens (including phenoxy) is 1. The number of nitrogens with zero attached hydrogens (tertiary/aromatic N) is 5. The van der Waals surface area contributed by atoms with Gasteiger partial charge in [0, 0.05) is 48.0 Å². The van der Waals surface area contributed by atoms with Gasteiger partial charge < -0.3 is 14.1 Å². The number of allylic oxidation sites excluding steroid dienone is 1. The molecule has 0 bridgehead atoms. The first kappa shape index (κ1) is 41.7. The zero-order valence-electron chi connectivity index (χ0n) is 35.2. The predicted molar refractivity (Wildman–Crippen MR) is 230 cm³/mol. The fraction of sp³-hybridized carbons (Fsp3) is 0.489. The molecule has 60 heavy (non-hydrogen) atoms. The number of rotatable bonds is 13. The standard InChI is InChI=1S/C45H52N6O7S2/c1-9-27-21-45(27,42(54)50-60(55,56)30-16-17-30)22-33(52)32-19-29(23-51(32)41(53)31(44(6,7)8)20-35-47-25(2)24-59-35)57-40-38-37(36-34(58-38)11-10-18-46-36)48-39(49-40)26-12-14-28(15-13-26)43(3,4)5/h9-15,18,24,27,29-32H,1,16-17,19-23H2,2-8H3,(H,50,54)/t27-,29-,31-,32+,45-/m1/s1. The van der Waals surface area contributed by atoms with Crippen LogP contribution >= 0.6 is 11.3 Å². The van der Waals surface area contributed by atoms with Crippen molar-refractivity contribution in [1.82, 2.24) is 29.6 Å². The number of thiazole rings is 1. The van der Waals surface area contributed by atoms with Crippen LogP contribution in [-0.2, 0) is 36.2 Å². The number of sulfonamides is 1. The lowest BCUT2D eigenvalue weighted by Gasteiger charge is -2.35. The predicted octanol–water partition coefficient (Wildman–Crippen LogP) is 7.51. The number of aryl methyl sites for hydroxylation is 1. The number of ketones is 1. The summed E-state index contributed by atoms with van der Waals surface area (Å²) in [6.07, 6.45) is 4.04. The monoisotopic (exact) mass is 852 g/mol. The number of carbonyl (C=O) groups excluding carboxylic acids is 3. The van der Waals surface area contributed by atoms with Crippen LogP contribution < -0.4 is 9.46 Å². The van der Waals surface area contributed by atoms with Crippen molar-refractivity contribution < 1.29 is 32.0 Å². The maximum atomic E-state index is 15.0. The molecule has 1 aliphatic heterocycles. The molecule has 2 amide bonds. The highest BCUT2D eigenvalue weighted by molar-refractivity contribution is 7.90. The SMILES string of the molecule is C=C[C@@H]1C[C@]1(CC(=O)[C@@H]1C[C@@H](Oc2nc(-c3ccc(C(C)(C)C)cc3)nc3c2oc2cccnc23)CN1C(=O)[C@@H](Cc1nc(C)cs1)C(C)(C)C)C(=O)NS(=O)(=O)C1CC1. The molecular formula is C45H52N6O7S2. The van der Waals surface area contributed by atoms with Crippen molar-refractivity contribution in [2.75, 3.05) is 6.54 Å². The molecule has 13 nitrogen and oxygen atoms in total. The number of aromatic nitrogens is 4. The van der Waals surface area contributed by atoms with Gasteiger partial charge in [-0.25, -0.2) is 18.4 Å². The number of likely N-dealkylation sites (tertiary alicyclic amines) is 1. The van der Waals surface area contributed by atoms with Gasteiger partial charge in [-0.1, -0.05) is 71.9 Å². The van der Waals surface area contributed by atoms with Gasteiger partial charge in [-0.05, 0) is 60.6 Å². The van der Waals surface area contributed by atoms with E-state index in [9.17, 15) is 22.8 Å². The second kappa shape index (κ2) is 15.2. The molecular weight excluding hydrogens is 801 g/mol. The Kier molecular flexibility index (Phi) is 10.5. The molecule has 3 aliphatic rings. The maximum Gasteiger partial charge on any atom is 0.262 e. The number of carbonyl (C=O) groups is 3. The van der Waals surface area contributed by atoms with E-state index in [-0.39, 0.29) is 54.4 Å². The van der Waals surface area contributed by atoms with E-state index in [0.29, 0.717) is 41.7 Å². The summed E-state index contributed by atoms with van der Waals surface area (Å²) in [6.45, 7) is 18.3. The van der Waals surface area contributed by atoms with Crippen molar-refractivity contribution in [2.45, 2.75) is 110 Å². The molecule has 8 rings (SSSR count). The van der Waals surface area contributed by atoms with E-state index in [4.69, 9.17) is 19.1 Å². The van der Waals surface area contributed by atoms with E-state index in [0.717, 1.165) is 21.8 Å². The highest BCUT2D eigenvalue weighted by Crippen LogP contribution is 2.57. The summed E-state index contributed by atoms with van der Waals surface area (Å²) < 4.78 is 41.0. The molecule has 15 heteroatoms. The Morgan fingerprint density at radius 2 is 1.80 bits per heavy atom. The van der Waals surface area contributed by atoms with Crippen molar-refractivity contribution in [3.8, 4) is 17.3 Å². The topological polar surface area (TPSA) is 175 Å². The number of hydrogen-bond acceptors (Lipinski definition) is 12. The summed E-state index contributed by atoms with van der Waals surface area (Å²) in [6, 6.07) is 10.6. The van der Waals surface area contributed by atoms with Crippen LogP contribution in [0.3, 0.4) is 0 Å². The fourth-order valence-corrected chi connectivity index (χ4v) is 10.5. The molecule has 5 aromatic rings. The van der Waals surface area contributed by atoms with Gasteiger partial charge in [-0.15, -0.1) is 17.9 Å². The Balaban J connectivity index is 1.15. The van der Waals surface area contributed by atoms with Gasteiger partial charge in [0.05, 0.1) is 28.3 Å². The average Bonchev–Trinajstić information content (AvgIpc) is 4.04. The Bertz CT molecular complexity index is 2620. The summed E-state index contributed by atoms with van der Waals surface area (Å²) in [5.74, 6) is -1.67. The third-order valence-corrected chi connectivity index (χ3v) is 15.0. The highest BCUT2D eigenvalue weighted by Gasteiger charge is 2.61. The molecule has 5 atom stereocenters. The summed E-state index contributed by atoms with van der Waals surface area (Å²) in [5, 5.41) is 2.17. The molecule has 316 valence electrons. The molecule has 2 aliphatic carbocycles. The number of fused-ring (bicyclic) bond motifs is 3. The number of benzene rings is 1. The third kappa shape index (κ3) is 8.09. The number of hydrogen-bond donors (Lipinski definition) is 1. The van der Waals surface area contributed by atoms with Crippen LogP contribution in [0, 0.1) is 29.6 Å². The van der Waals surface area contributed by atoms with Gasteiger partial charge in [0.1, 0.15) is 17.1 Å². The normalized spacial score (nSPS) is 22.5. The second-order valence-corrected chi connectivity index (χ2v) is 21.7. The van der Waals surface area contributed by atoms with E-state index in [2.05, 4.69) is 54.2 Å². The summed E-state index contributed by atoms with van der Waals surface area (Å²) in [4.78, 5) is 64.0. The number of Topliss-reactive ketones (excluding diaryl/α,β-unsaturated/α-hetero) is 1. The Labute approximate surface area is 354 Å². The number of nitrogens with one attached hydrogen (secondary N) is 1. The van der Waals surface area contributed by atoms with Crippen molar-refractivity contribution in [3.63, 3.8) is 0 Å². The van der Waals surface area contributed by atoms with Crippen LogP contribution in [0.1, 0.15) is 89.9 Å². The lowest BCUT2D eigenvalue weighted by molar-refractivity contribution is -0.144. The maximum absolute atomic E-state index is 15.0. The summed E-state index contributed by atoms with van der Waals surface area (Å²) in [5.41, 5.74) is 2.73. The first-order valence-electron chi connectivity index (χ1n) is 20.5. The first-order chi connectivity index (χ1) is 28.3. The largest absolute Gasteiger partial charge is 0.470 e. The van der Waals surface area contributed by atoms with Gasteiger partial charge in [-0.3, -0.25) is 24.1 Å². The van der Waals surface area contributed by atoms with Crippen molar-refractivity contribution in [1.29, 1.82) is 0 Å². The van der Waals surface area contributed by atoms with Crippen molar-refractivity contribution in [2.24, 2.45) is 22.7 Å². The van der Waals surface area contributed by atoms with Crippen LogP contribution in [0.2, 0.25) is 0 Å². The molecule has 5 heterocycles. The third-order valence-electron chi connectivity index (χ3n) is 12.2. The minimum absolute atomic E-state index is 0.0540. The lowest BCUT2D eigenvalue weighted by atomic mass is 9.77. The molecule has 0 spiro atoms. The molecule has 0 radical (unpaired) electrons. The quantitative estimate of drug-likeness (QED) is 0.116. The van der Waals surface area contributed by atoms with E-state index >= 15 is 0 Å². The lowest BCUT2D eigenvalue weighted by Crippen LogP contribution is -2.48. The highest BCUT2D eigenvalue weighted by atomic mass is 32.2. The van der Waals surface area contributed by atoms with Gasteiger partial charge in [-0.2, -0.15) is 4.98 Å². The minimum Gasteiger partial charge on any atom is -0.470 e. The second-order valence-electron chi connectivity index (χ2n) is 18.8. The van der Waals surface area contributed by atoms with Crippen LogP contribution in [-0.4, -0.2) is 74.8 Å². The molecule has 0 unspecified atom stereocenters. The first-order valence-corrected chi connectivity index (χ1v) is 23.0. The Morgan fingerprint density at radius 3 is 2.42 bits per heavy atom. The van der Waals surface area contributed by atoms with Crippen LogP contribution in [0.15, 0.2) is 65.0 Å². The van der Waals surface area contributed by atoms with E-state index in [1.165, 1.54) is 11.3 Å². The zero-order chi connectivity index (χ0) is 42.9. The molecule has 2 saturated carbocycles. The van der Waals surface area contributed by atoms with Crippen LogP contribution in [0.4, 0.5) is 0 Å². The molecule has 1 saturated heterocycles. The van der Waals surface area contributed by atoms with Gasteiger partial charge in [0.15, 0.2) is 17.2 Å². The van der Waals surface area contributed by atoms with Gasteiger partial charge >= 0.3 is 0 Å². The van der Waals surface area contributed by atoms with Crippen LogP contribution in [0.25, 0.3) is 33.6 Å². The fourth-order valence-electron chi connectivity index (χ4n) is 8.30. The number of amides is 2. The number of pyridine rings is 1.